The minimum absolute atomic E-state index is 0.0399. The van der Waals surface area contributed by atoms with Crippen LogP contribution in [0, 0.1) is 0 Å². The molecule has 1 fully saturated rings. The lowest BCUT2D eigenvalue weighted by Crippen LogP contribution is -2.48. The lowest BCUT2D eigenvalue weighted by atomic mass is 10.0. The molecule has 0 spiro atoms. The molecule has 1 aliphatic rings. The number of nitrogens with zero attached hydrogens (tertiary/aromatic N) is 1. The van der Waals surface area contributed by atoms with Crippen LogP contribution in [0.3, 0.4) is 0 Å². The lowest BCUT2D eigenvalue weighted by Gasteiger charge is -2.29. The number of carbonyl (C=O) groups excluding carboxylic acids is 1. The van der Waals surface area contributed by atoms with Gasteiger partial charge in [0.1, 0.15) is 0 Å². The van der Waals surface area contributed by atoms with Crippen LogP contribution in [0.2, 0.25) is 0 Å². The summed E-state index contributed by atoms with van der Waals surface area (Å²) in [7, 11) is 0. The third-order valence-corrected chi connectivity index (χ3v) is 2.76. The van der Waals surface area contributed by atoms with Crippen molar-refractivity contribution in [2.45, 2.75) is 39.2 Å². The Kier molecular flexibility index (Phi) is 4.82. The minimum atomic E-state index is 0.0399. The van der Waals surface area contributed by atoms with Gasteiger partial charge in [0.25, 0.3) is 0 Å². The molecule has 86 valence electrons. The van der Waals surface area contributed by atoms with Crippen molar-refractivity contribution in [1.29, 1.82) is 0 Å². The molecule has 3 heteroatoms. The Morgan fingerprint density at radius 2 is 2.27 bits per heavy atom. The van der Waals surface area contributed by atoms with Crippen LogP contribution in [-0.4, -0.2) is 36.5 Å². The van der Waals surface area contributed by atoms with E-state index in [1.165, 1.54) is 6.42 Å². The number of likely N-dealkylation sites (N-methyl/N-ethyl adjacent to an activating group) is 1. The van der Waals surface area contributed by atoms with E-state index in [1.807, 2.05) is 18.7 Å². The summed E-state index contributed by atoms with van der Waals surface area (Å²) in [6.45, 7) is 10.3. The normalized spacial score (nSPS) is 21.1. The van der Waals surface area contributed by atoms with E-state index in [-0.39, 0.29) is 11.9 Å². The zero-order chi connectivity index (χ0) is 11.3. The summed E-state index contributed by atoms with van der Waals surface area (Å²) in [5.41, 5.74) is 1.04. The molecule has 0 radical (unpaired) electrons. The zero-order valence-electron chi connectivity index (χ0n) is 9.88. The summed E-state index contributed by atoms with van der Waals surface area (Å²) in [4.78, 5) is 14.0. The molecule has 3 nitrogen and oxygen atoms in total. The average molecular weight is 210 g/mol. The number of carbonyl (C=O) groups is 1. The predicted molar refractivity (Wildman–Crippen MR) is 62.7 cm³/mol. The Morgan fingerprint density at radius 3 is 2.73 bits per heavy atom. The molecule has 1 atom stereocenters. The lowest BCUT2D eigenvalue weighted by molar-refractivity contribution is -0.133. The van der Waals surface area contributed by atoms with Crippen LogP contribution in [0.5, 0.6) is 0 Å². The SMILES string of the molecule is C=C(C)CN(CC)C(=O)[C@H]1CCCCN1. The summed E-state index contributed by atoms with van der Waals surface area (Å²) in [6.07, 6.45) is 3.33. The van der Waals surface area contributed by atoms with Gasteiger partial charge in [-0.3, -0.25) is 4.79 Å². The fraction of sp³-hybridized carbons (Fsp3) is 0.750. The number of rotatable bonds is 4. The molecule has 1 amide bonds. The third-order valence-electron chi connectivity index (χ3n) is 2.76. The van der Waals surface area contributed by atoms with Gasteiger partial charge in [-0.05, 0) is 33.2 Å². The first-order valence-electron chi connectivity index (χ1n) is 5.81. The Balaban J connectivity index is 2.50. The van der Waals surface area contributed by atoms with Gasteiger partial charge in [-0.15, -0.1) is 0 Å². The Labute approximate surface area is 92.5 Å². The van der Waals surface area contributed by atoms with Crippen LogP contribution < -0.4 is 5.32 Å². The molecule has 1 saturated heterocycles. The maximum Gasteiger partial charge on any atom is 0.239 e. The molecule has 0 aromatic heterocycles. The molecule has 1 aliphatic heterocycles. The van der Waals surface area contributed by atoms with Crippen LogP contribution in [0.25, 0.3) is 0 Å². The van der Waals surface area contributed by atoms with Crippen molar-refractivity contribution in [2.24, 2.45) is 0 Å². The van der Waals surface area contributed by atoms with Gasteiger partial charge in [0.2, 0.25) is 5.91 Å². The molecule has 0 aromatic carbocycles. The average Bonchev–Trinajstić information content (AvgIpc) is 2.26. The highest BCUT2D eigenvalue weighted by Gasteiger charge is 2.24. The number of nitrogens with one attached hydrogen (secondary N) is 1. The van der Waals surface area contributed by atoms with E-state index in [0.717, 1.165) is 31.5 Å². The van der Waals surface area contributed by atoms with Crippen LogP contribution in [-0.2, 0) is 4.79 Å². The Bertz CT molecular complexity index is 232. The predicted octanol–water partition coefficient (Wildman–Crippen LogP) is 1.55. The Hall–Kier alpha value is -0.830. The van der Waals surface area contributed by atoms with Crippen LogP contribution in [0.15, 0.2) is 12.2 Å². The van der Waals surface area contributed by atoms with E-state index >= 15 is 0 Å². The molecule has 1 N–H and O–H groups in total. The van der Waals surface area contributed by atoms with Crippen molar-refractivity contribution in [2.75, 3.05) is 19.6 Å². The van der Waals surface area contributed by atoms with Crippen LogP contribution in [0.4, 0.5) is 0 Å². The monoisotopic (exact) mass is 210 g/mol. The Morgan fingerprint density at radius 1 is 1.53 bits per heavy atom. The fourth-order valence-electron chi connectivity index (χ4n) is 1.95. The minimum Gasteiger partial charge on any atom is -0.338 e. The highest BCUT2D eigenvalue weighted by molar-refractivity contribution is 5.82. The highest BCUT2D eigenvalue weighted by atomic mass is 16.2. The van der Waals surface area contributed by atoms with E-state index in [9.17, 15) is 4.79 Å². The molecule has 0 aromatic rings. The van der Waals surface area contributed by atoms with Crippen molar-refractivity contribution in [3.8, 4) is 0 Å². The summed E-state index contributed by atoms with van der Waals surface area (Å²) in [5, 5.41) is 3.29. The second kappa shape index (κ2) is 5.91. The van der Waals surface area contributed by atoms with Gasteiger partial charge in [-0.2, -0.15) is 0 Å². The van der Waals surface area contributed by atoms with E-state index in [1.54, 1.807) is 0 Å². The molecule has 0 unspecified atom stereocenters. The van der Waals surface area contributed by atoms with Crippen molar-refractivity contribution in [3.05, 3.63) is 12.2 Å². The summed E-state index contributed by atoms with van der Waals surface area (Å²) in [5.74, 6) is 0.236. The zero-order valence-corrected chi connectivity index (χ0v) is 9.88. The molecule has 1 rings (SSSR count). The van der Waals surface area contributed by atoms with Gasteiger partial charge < -0.3 is 10.2 Å². The number of hydrogen-bond acceptors (Lipinski definition) is 2. The number of amides is 1. The first-order valence-corrected chi connectivity index (χ1v) is 5.81. The van der Waals surface area contributed by atoms with Gasteiger partial charge in [0, 0.05) is 13.1 Å². The van der Waals surface area contributed by atoms with Gasteiger partial charge in [0.05, 0.1) is 6.04 Å². The quantitative estimate of drug-likeness (QED) is 0.714. The molecule has 0 saturated carbocycles. The smallest absolute Gasteiger partial charge is 0.239 e. The number of piperidine rings is 1. The summed E-state index contributed by atoms with van der Waals surface area (Å²) in [6, 6.07) is 0.0399. The van der Waals surface area contributed by atoms with E-state index in [2.05, 4.69) is 11.9 Å². The van der Waals surface area contributed by atoms with Crippen molar-refractivity contribution >= 4 is 5.91 Å². The second-order valence-corrected chi connectivity index (χ2v) is 4.31. The van der Waals surface area contributed by atoms with E-state index in [4.69, 9.17) is 0 Å². The van der Waals surface area contributed by atoms with Crippen LogP contribution in [0.1, 0.15) is 33.1 Å². The molecule has 15 heavy (non-hydrogen) atoms. The first-order chi connectivity index (χ1) is 7.15. The van der Waals surface area contributed by atoms with Crippen molar-refractivity contribution in [1.82, 2.24) is 10.2 Å². The van der Waals surface area contributed by atoms with Crippen molar-refractivity contribution < 1.29 is 4.79 Å². The highest BCUT2D eigenvalue weighted by Crippen LogP contribution is 2.10. The van der Waals surface area contributed by atoms with Gasteiger partial charge in [-0.25, -0.2) is 0 Å². The molecule has 0 bridgehead atoms. The fourth-order valence-corrected chi connectivity index (χ4v) is 1.95. The first kappa shape index (κ1) is 12.2. The maximum atomic E-state index is 12.1. The number of hydrogen-bond donors (Lipinski definition) is 1. The van der Waals surface area contributed by atoms with Crippen LogP contribution >= 0.6 is 0 Å². The molecular formula is C12H22N2O. The topological polar surface area (TPSA) is 32.3 Å². The molecule has 1 heterocycles. The molecule has 0 aliphatic carbocycles. The second-order valence-electron chi connectivity index (χ2n) is 4.31. The largest absolute Gasteiger partial charge is 0.338 e. The summed E-state index contributed by atoms with van der Waals surface area (Å²) >= 11 is 0. The maximum absolute atomic E-state index is 12.1. The standard InChI is InChI=1S/C12H22N2O/c1-4-14(9-10(2)3)12(15)11-7-5-6-8-13-11/h11,13H,2,4-9H2,1,3H3/t11-/m1/s1. The molecular weight excluding hydrogens is 188 g/mol. The summed E-state index contributed by atoms with van der Waals surface area (Å²) < 4.78 is 0. The van der Waals surface area contributed by atoms with E-state index in [0.29, 0.717) is 6.54 Å². The van der Waals surface area contributed by atoms with Crippen molar-refractivity contribution in [3.63, 3.8) is 0 Å². The van der Waals surface area contributed by atoms with Gasteiger partial charge in [-0.1, -0.05) is 18.6 Å². The van der Waals surface area contributed by atoms with E-state index < -0.39 is 0 Å². The van der Waals surface area contributed by atoms with Gasteiger partial charge >= 0.3 is 0 Å². The van der Waals surface area contributed by atoms with Gasteiger partial charge in [0.15, 0.2) is 0 Å². The third kappa shape index (κ3) is 3.67.